The Morgan fingerprint density at radius 1 is 0.895 bits per heavy atom. The number of ether oxygens (including phenoxy) is 1. The molecule has 6 nitrogen and oxygen atoms in total. The van der Waals surface area contributed by atoms with E-state index >= 15 is 0 Å². The van der Waals surface area contributed by atoms with Crippen molar-refractivity contribution in [3.8, 4) is 0 Å². The Morgan fingerprint density at radius 3 is 2.05 bits per heavy atom. The van der Waals surface area contributed by atoms with Crippen molar-refractivity contribution >= 4 is 16.0 Å². The smallest absolute Gasteiger partial charge is 0.324 e. The third-order valence-electron chi connectivity index (χ3n) is 6.87. The summed E-state index contributed by atoms with van der Waals surface area (Å²) in [5.41, 5.74) is 3.81. The first-order chi connectivity index (χ1) is 18.3. The van der Waals surface area contributed by atoms with Crippen molar-refractivity contribution in [3.05, 3.63) is 132 Å². The zero-order chi connectivity index (χ0) is 27.1. The number of sulfonamides is 1. The van der Waals surface area contributed by atoms with Crippen molar-refractivity contribution < 1.29 is 17.9 Å². The SMILES string of the molecule is C=C1CC(NNS(=O)(=O)Cc2ccccc2)(c2ccccc2)C=CC1(C(=O)OCCCC)c1ccccc1. The summed E-state index contributed by atoms with van der Waals surface area (Å²) in [6, 6.07) is 28.0. The van der Waals surface area contributed by atoms with Crippen LogP contribution in [0.3, 0.4) is 0 Å². The molecule has 0 amide bonds. The fraction of sp³-hybridized carbons (Fsp3) is 0.258. The van der Waals surface area contributed by atoms with Gasteiger partial charge in [0.2, 0.25) is 10.0 Å². The number of hydrazine groups is 1. The molecule has 0 heterocycles. The van der Waals surface area contributed by atoms with Crippen LogP contribution in [-0.4, -0.2) is 21.0 Å². The van der Waals surface area contributed by atoms with Gasteiger partial charge < -0.3 is 4.74 Å². The predicted molar refractivity (Wildman–Crippen MR) is 150 cm³/mol. The van der Waals surface area contributed by atoms with Crippen LogP contribution >= 0.6 is 0 Å². The van der Waals surface area contributed by atoms with Gasteiger partial charge in [0.15, 0.2) is 0 Å². The summed E-state index contributed by atoms with van der Waals surface area (Å²) in [5, 5.41) is 0. The van der Waals surface area contributed by atoms with Crippen molar-refractivity contribution in [1.82, 2.24) is 10.3 Å². The molecule has 0 radical (unpaired) electrons. The van der Waals surface area contributed by atoms with E-state index in [2.05, 4.69) is 16.8 Å². The number of esters is 1. The Bertz CT molecular complexity index is 1380. The number of carbonyl (C=O) groups excluding carboxylic acids is 1. The zero-order valence-corrected chi connectivity index (χ0v) is 22.4. The van der Waals surface area contributed by atoms with Gasteiger partial charge in [-0.1, -0.05) is 123 Å². The molecule has 38 heavy (non-hydrogen) atoms. The highest BCUT2D eigenvalue weighted by Gasteiger charge is 2.49. The molecule has 3 aromatic rings. The minimum absolute atomic E-state index is 0.173. The van der Waals surface area contributed by atoms with Crippen LogP contribution in [0.5, 0.6) is 0 Å². The molecule has 0 bridgehead atoms. The van der Waals surface area contributed by atoms with Crippen LogP contribution in [0.1, 0.15) is 42.9 Å². The lowest BCUT2D eigenvalue weighted by Gasteiger charge is -2.43. The molecule has 2 unspecified atom stereocenters. The highest BCUT2D eigenvalue weighted by Crippen LogP contribution is 2.46. The minimum Gasteiger partial charge on any atom is -0.465 e. The normalized spacial score (nSPS) is 21.2. The highest BCUT2D eigenvalue weighted by molar-refractivity contribution is 7.88. The molecule has 1 aliphatic rings. The van der Waals surface area contributed by atoms with E-state index in [-0.39, 0.29) is 18.1 Å². The maximum Gasteiger partial charge on any atom is 0.324 e. The van der Waals surface area contributed by atoms with E-state index in [9.17, 15) is 13.2 Å². The number of hydrogen-bond acceptors (Lipinski definition) is 5. The van der Waals surface area contributed by atoms with Gasteiger partial charge in [0.05, 0.1) is 17.9 Å². The lowest BCUT2D eigenvalue weighted by atomic mass is 9.65. The summed E-state index contributed by atoms with van der Waals surface area (Å²) >= 11 is 0. The van der Waals surface area contributed by atoms with Gasteiger partial charge in [-0.3, -0.25) is 4.79 Å². The summed E-state index contributed by atoms with van der Waals surface area (Å²) in [5.74, 6) is -0.557. The van der Waals surface area contributed by atoms with Gasteiger partial charge in [-0.15, -0.1) is 0 Å². The van der Waals surface area contributed by atoms with E-state index < -0.39 is 21.0 Å². The van der Waals surface area contributed by atoms with Gasteiger partial charge >= 0.3 is 5.97 Å². The van der Waals surface area contributed by atoms with Crippen molar-refractivity contribution in [2.45, 2.75) is 42.9 Å². The highest BCUT2D eigenvalue weighted by atomic mass is 32.2. The standard InChI is InChI=1S/C31H34N2O4S/c1-3-4-22-37-29(34)31(28-18-12-7-13-19-28)21-20-30(23-25(31)2,27-16-10-6-11-17-27)32-33-38(35,36)24-26-14-8-5-9-15-26/h5-21,32-33H,2-4,22-24H2,1H3. The first-order valence-electron chi connectivity index (χ1n) is 12.8. The average Bonchev–Trinajstić information content (AvgIpc) is 2.93. The second-order valence-corrected chi connectivity index (χ2v) is 11.3. The second-order valence-electron chi connectivity index (χ2n) is 9.59. The molecule has 2 atom stereocenters. The van der Waals surface area contributed by atoms with Crippen LogP contribution < -0.4 is 10.3 Å². The summed E-state index contributed by atoms with van der Waals surface area (Å²) in [6.07, 6.45) is 5.60. The second kappa shape index (κ2) is 11.9. The fourth-order valence-electron chi connectivity index (χ4n) is 4.77. The average molecular weight is 531 g/mol. The molecule has 1 aliphatic carbocycles. The van der Waals surface area contributed by atoms with E-state index in [1.807, 2.05) is 79.7 Å². The largest absolute Gasteiger partial charge is 0.465 e. The topological polar surface area (TPSA) is 84.5 Å². The van der Waals surface area contributed by atoms with Crippen LogP contribution in [0.2, 0.25) is 0 Å². The quantitative estimate of drug-likeness (QED) is 0.152. The third-order valence-corrected chi connectivity index (χ3v) is 7.99. The molecule has 2 N–H and O–H groups in total. The van der Waals surface area contributed by atoms with Crippen molar-refractivity contribution in [3.63, 3.8) is 0 Å². The number of hydrogen-bond donors (Lipinski definition) is 2. The number of rotatable bonds is 11. The Balaban J connectivity index is 1.71. The van der Waals surface area contributed by atoms with E-state index in [4.69, 9.17) is 4.74 Å². The van der Waals surface area contributed by atoms with Crippen molar-refractivity contribution in [2.75, 3.05) is 6.61 Å². The van der Waals surface area contributed by atoms with Crippen molar-refractivity contribution in [2.24, 2.45) is 0 Å². The maximum absolute atomic E-state index is 13.6. The van der Waals surface area contributed by atoms with E-state index in [0.29, 0.717) is 17.7 Å². The van der Waals surface area contributed by atoms with Gasteiger partial charge in [0, 0.05) is 0 Å². The Morgan fingerprint density at radius 2 is 1.47 bits per heavy atom. The molecule has 3 aromatic carbocycles. The zero-order valence-electron chi connectivity index (χ0n) is 21.6. The number of nitrogens with one attached hydrogen (secondary N) is 2. The third kappa shape index (κ3) is 5.96. The lowest BCUT2D eigenvalue weighted by molar-refractivity contribution is -0.147. The van der Waals surface area contributed by atoms with Crippen LogP contribution in [-0.2, 0) is 36.3 Å². The van der Waals surface area contributed by atoms with Crippen molar-refractivity contribution in [1.29, 1.82) is 0 Å². The molecule has 4 rings (SSSR count). The first kappa shape index (κ1) is 27.5. The molecule has 198 valence electrons. The Labute approximate surface area is 225 Å². The summed E-state index contributed by atoms with van der Waals surface area (Å²) < 4.78 is 31.7. The molecule has 0 fully saturated rings. The molecule has 0 spiro atoms. The van der Waals surface area contributed by atoms with Crippen LogP contribution in [0, 0.1) is 0 Å². The van der Waals surface area contributed by atoms with Gasteiger partial charge in [0.25, 0.3) is 0 Å². The van der Waals surface area contributed by atoms with Gasteiger partial charge in [-0.2, -0.15) is 4.83 Å². The maximum atomic E-state index is 13.6. The summed E-state index contributed by atoms with van der Waals surface area (Å²) in [6.45, 7) is 6.72. The van der Waals surface area contributed by atoms with E-state index in [1.165, 1.54) is 0 Å². The lowest BCUT2D eigenvalue weighted by Crippen LogP contribution is -2.55. The molecular formula is C31H34N2O4S. The van der Waals surface area contributed by atoms with E-state index in [0.717, 1.165) is 24.0 Å². The summed E-state index contributed by atoms with van der Waals surface area (Å²) in [7, 11) is -3.73. The predicted octanol–water partition coefficient (Wildman–Crippen LogP) is 5.30. The number of benzene rings is 3. The first-order valence-corrected chi connectivity index (χ1v) is 14.4. The Hall–Kier alpha value is -3.52. The van der Waals surface area contributed by atoms with Gasteiger partial charge in [0.1, 0.15) is 5.41 Å². The number of unbranched alkanes of at least 4 members (excludes halogenated alkanes) is 1. The van der Waals surface area contributed by atoms with Gasteiger partial charge in [-0.25, -0.2) is 13.8 Å². The molecule has 0 aromatic heterocycles. The Kier molecular flexibility index (Phi) is 8.62. The molecule has 0 saturated carbocycles. The molecule has 7 heteroatoms. The summed E-state index contributed by atoms with van der Waals surface area (Å²) in [4.78, 5) is 16.2. The van der Waals surface area contributed by atoms with E-state index in [1.54, 1.807) is 30.3 Å². The van der Waals surface area contributed by atoms with Crippen LogP contribution in [0.25, 0.3) is 0 Å². The number of carbonyl (C=O) groups is 1. The minimum atomic E-state index is -3.73. The molecule has 0 saturated heterocycles. The van der Waals surface area contributed by atoms with Gasteiger partial charge in [-0.05, 0) is 35.1 Å². The van der Waals surface area contributed by atoms with Crippen LogP contribution in [0.4, 0.5) is 0 Å². The molecular weight excluding hydrogens is 496 g/mol. The molecule has 0 aliphatic heterocycles. The monoisotopic (exact) mass is 530 g/mol. The van der Waals surface area contributed by atoms with Crippen LogP contribution in [0.15, 0.2) is 115 Å². The fourth-order valence-corrected chi connectivity index (χ4v) is 5.81.